The van der Waals surface area contributed by atoms with Crippen molar-refractivity contribution in [3.8, 4) is 0 Å². The Morgan fingerprint density at radius 2 is 1.88 bits per heavy atom. The van der Waals surface area contributed by atoms with Crippen LogP contribution in [0.15, 0.2) is 35.4 Å². The zero-order valence-corrected chi connectivity index (χ0v) is 11.1. The highest BCUT2D eigenvalue weighted by Gasteiger charge is 2.07. The van der Waals surface area contributed by atoms with Crippen molar-refractivity contribution < 1.29 is 8.42 Å². The minimum Gasteiger partial charge on any atom is -0.331 e. The molecular formula is C11H17N3O2S. The van der Waals surface area contributed by atoms with Crippen LogP contribution < -0.4 is 4.90 Å². The SMILES string of the molecule is CCN(/C=N/N(C)S(C)(=O)=O)c1ccccc1. The smallest absolute Gasteiger partial charge is 0.246 e. The molecule has 0 unspecified atom stereocenters. The fourth-order valence-corrected chi connectivity index (χ4v) is 1.38. The maximum Gasteiger partial charge on any atom is 0.246 e. The van der Waals surface area contributed by atoms with Crippen molar-refractivity contribution in [3.63, 3.8) is 0 Å². The first-order valence-corrected chi connectivity index (χ1v) is 7.09. The molecule has 0 radical (unpaired) electrons. The molecule has 0 spiro atoms. The summed E-state index contributed by atoms with van der Waals surface area (Å²) in [5, 5.41) is 3.89. The van der Waals surface area contributed by atoms with Gasteiger partial charge in [0.1, 0.15) is 6.34 Å². The third-order valence-corrected chi connectivity index (χ3v) is 3.32. The Bertz CT molecular complexity index is 471. The molecule has 0 saturated heterocycles. The molecule has 1 aromatic carbocycles. The number of rotatable bonds is 5. The molecule has 0 heterocycles. The molecule has 17 heavy (non-hydrogen) atoms. The van der Waals surface area contributed by atoms with Gasteiger partial charge in [-0.2, -0.15) is 9.52 Å². The maximum absolute atomic E-state index is 11.2. The number of hydrogen-bond donors (Lipinski definition) is 0. The lowest BCUT2D eigenvalue weighted by Crippen LogP contribution is -2.25. The van der Waals surface area contributed by atoms with Crippen molar-refractivity contribution in [2.75, 3.05) is 24.7 Å². The van der Waals surface area contributed by atoms with Crippen molar-refractivity contribution in [1.29, 1.82) is 0 Å². The van der Waals surface area contributed by atoms with Gasteiger partial charge in [-0.3, -0.25) is 0 Å². The Morgan fingerprint density at radius 1 is 1.29 bits per heavy atom. The Kier molecular flexibility index (Phi) is 4.51. The first-order valence-electron chi connectivity index (χ1n) is 5.25. The summed E-state index contributed by atoms with van der Waals surface area (Å²) in [6.07, 6.45) is 2.62. The maximum atomic E-state index is 11.2. The van der Waals surface area contributed by atoms with Gasteiger partial charge in [-0.05, 0) is 19.1 Å². The molecule has 5 nitrogen and oxygen atoms in total. The van der Waals surface area contributed by atoms with E-state index in [0.29, 0.717) is 6.54 Å². The lowest BCUT2D eigenvalue weighted by molar-refractivity contribution is 0.496. The van der Waals surface area contributed by atoms with Crippen molar-refractivity contribution >= 4 is 22.0 Å². The molecule has 0 atom stereocenters. The highest BCUT2D eigenvalue weighted by atomic mass is 32.2. The van der Waals surface area contributed by atoms with E-state index in [0.717, 1.165) is 16.4 Å². The predicted octanol–water partition coefficient (Wildman–Crippen LogP) is 1.35. The summed E-state index contributed by atoms with van der Waals surface area (Å²) >= 11 is 0. The van der Waals surface area contributed by atoms with Gasteiger partial charge in [0.2, 0.25) is 10.0 Å². The molecule has 6 heteroatoms. The first-order chi connectivity index (χ1) is 7.95. The number of sulfonamides is 1. The van der Waals surface area contributed by atoms with Gasteiger partial charge >= 0.3 is 0 Å². The number of hydrogen-bond acceptors (Lipinski definition) is 3. The van der Waals surface area contributed by atoms with Gasteiger partial charge in [0.05, 0.1) is 6.26 Å². The Hall–Kier alpha value is -1.56. The molecule has 0 saturated carbocycles. The number of hydrazone groups is 1. The van der Waals surface area contributed by atoms with Crippen LogP contribution in [0.3, 0.4) is 0 Å². The normalized spacial score (nSPS) is 11.7. The van der Waals surface area contributed by atoms with E-state index in [1.54, 1.807) is 0 Å². The van der Waals surface area contributed by atoms with Crippen molar-refractivity contribution in [3.05, 3.63) is 30.3 Å². The van der Waals surface area contributed by atoms with Crippen LogP contribution in [0.25, 0.3) is 0 Å². The third-order valence-electron chi connectivity index (χ3n) is 2.26. The molecule has 1 rings (SSSR count). The van der Waals surface area contributed by atoms with Crippen LogP contribution in [0.1, 0.15) is 6.92 Å². The second kappa shape index (κ2) is 5.67. The van der Waals surface area contributed by atoms with Gasteiger partial charge in [-0.1, -0.05) is 18.2 Å². The largest absolute Gasteiger partial charge is 0.331 e. The lowest BCUT2D eigenvalue weighted by Gasteiger charge is -2.18. The topological polar surface area (TPSA) is 53.0 Å². The standard InChI is InChI=1S/C11H17N3O2S/c1-4-14(11-8-6-5-7-9-11)10-12-13(2)17(3,15)16/h5-10H,4H2,1-3H3/b12-10+. The summed E-state index contributed by atoms with van der Waals surface area (Å²) < 4.78 is 23.3. The van der Waals surface area contributed by atoms with Gasteiger partial charge in [-0.25, -0.2) is 8.42 Å². The minimum atomic E-state index is -3.28. The van der Waals surface area contributed by atoms with E-state index in [1.165, 1.54) is 13.4 Å². The summed E-state index contributed by atoms with van der Waals surface area (Å²) in [7, 11) is -1.87. The van der Waals surface area contributed by atoms with E-state index in [4.69, 9.17) is 0 Å². The lowest BCUT2D eigenvalue weighted by atomic mass is 10.3. The third kappa shape index (κ3) is 4.07. The van der Waals surface area contributed by atoms with Gasteiger partial charge in [0.15, 0.2) is 0 Å². The molecule has 0 aliphatic carbocycles. The molecule has 1 aromatic rings. The predicted molar refractivity (Wildman–Crippen MR) is 70.6 cm³/mol. The number of anilines is 1. The summed E-state index contributed by atoms with van der Waals surface area (Å²) in [4.78, 5) is 1.86. The highest BCUT2D eigenvalue weighted by molar-refractivity contribution is 7.88. The molecule has 94 valence electrons. The van der Waals surface area contributed by atoms with Crippen LogP contribution >= 0.6 is 0 Å². The van der Waals surface area contributed by atoms with Gasteiger partial charge in [-0.15, -0.1) is 0 Å². The fraction of sp³-hybridized carbons (Fsp3) is 0.364. The number of nitrogens with zero attached hydrogens (tertiary/aromatic N) is 3. The van der Waals surface area contributed by atoms with E-state index in [9.17, 15) is 8.42 Å². The van der Waals surface area contributed by atoms with Crippen LogP contribution in [0.5, 0.6) is 0 Å². The molecule has 0 aromatic heterocycles. The summed E-state index contributed by atoms with van der Waals surface area (Å²) in [5.74, 6) is 0. The van der Waals surface area contributed by atoms with E-state index >= 15 is 0 Å². The molecule has 0 aliphatic rings. The van der Waals surface area contributed by atoms with Gasteiger partial charge in [0, 0.05) is 19.3 Å². The van der Waals surface area contributed by atoms with Crippen LogP contribution in [-0.2, 0) is 10.0 Å². The van der Waals surface area contributed by atoms with E-state index in [1.807, 2.05) is 42.2 Å². The molecule has 0 fully saturated rings. The minimum absolute atomic E-state index is 0.713. The van der Waals surface area contributed by atoms with Crippen molar-refractivity contribution in [2.24, 2.45) is 5.10 Å². The molecule has 0 aliphatic heterocycles. The van der Waals surface area contributed by atoms with Crippen LogP contribution in [-0.4, -0.2) is 39.0 Å². The van der Waals surface area contributed by atoms with Crippen molar-refractivity contribution in [2.45, 2.75) is 6.92 Å². The van der Waals surface area contributed by atoms with E-state index in [-0.39, 0.29) is 0 Å². The van der Waals surface area contributed by atoms with Crippen LogP contribution in [0.2, 0.25) is 0 Å². The first kappa shape index (κ1) is 13.5. The van der Waals surface area contributed by atoms with Gasteiger partial charge in [0.25, 0.3) is 0 Å². The van der Waals surface area contributed by atoms with Gasteiger partial charge < -0.3 is 4.90 Å². The summed E-state index contributed by atoms with van der Waals surface area (Å²) in [6, 6.07) is 9.65. The molecule has 0 bridgehead atoms. The number of benzene rings is 1. The second-order valence-electron chi connectivity index (χ2n) is 3.55. The molecular weight excluding hydrogens is 238 g/mol. The average Bonchev–Trinajstić information content (AvgIpc) is 2.29. The van der Waals surface area contributed by atoms with Crippen LogP contribution in [0.4, 0.5) is 5.69 Å². The van der Waals surface area contributed by atoms with E-state index < -0.39 is 10.0 Å². The zero-order valence-electron chi connectivity index (χ0n) is 10.2. The quantitative estimate of drug-likeness (QED) is 0.453. The Labute approximate surface area is 102 Å². The molecule has 0 N–H and O–H groups in total. The summed E-state index contributed by atoms with van der Waals surface area (Å²) in [6.45, 7) is 2.69. The number of para-hydroxylation sites is 1. The molecule has 0 amide bonds. The monoisotopic (exact) mass is 255 g/mol. The average molecular weight is 255 g/mol. The van der Waals surface area contributed by atoms with Crippen molar-refractivity contribution in [1.82, 2.24) is 4.41 Å². The second-order valence-corrected chi connectivity index (χ2v) is 5.54. The highest BCUT2D eigenvalue weighted by Crippen LogP contribution is 2.10. The van der Waals surface area contributed by atoms with E-state index in [2.05, 4.69) is 5.10 Å². The fourth-order valence-electron chi connectivity index (χ4n) is 1.17. The Balaban J connectivity index is 2.82. The summed E-state index contributed by atoms with van der Waals surface area (Å²) in [5.41, 5.74) is 0.973. The zero-order chi connectivity index (χ0) is 12.9. The van der Waals surface area contributed by atoms with Crippen LogP contribution in [0, 0.1) is 0 Å². The Morgan fingerprint density at radius 3 is 2.35 bits per heavy atom.